The molecule has 2 amide bonds. The van der Waals surface area contributed by atoms with Gasteiger partial charge in [-0.2, -0.15) is 0 Å². The Morgan fingerprint density at radius 3 is 2.10 bits per heavy atom. The normalized spacial score (nSPS) is 11.0. The van der Waals surface area contributed by atoms with Gasteiger partial charge in [-0.15, -0.1) is 0 Å². The van der Waals surface area contributed by atoms with E-state index < -0.39 is 11.3 Å². The van der Waals surface area contributed by atoms with Gasteiger partial charge < -0.3 is 5.32 Å². The second-order valence-electron chi connectivity index (χ2n) is 5.35. The molecule has 0 unspecified atom stereocenters. The lowest BCUT2D eigenvalue weighted by Crippen LogP contribution is -2.43. The van der Waals surface area contributed by atoms with Crippen LogP contribution in [0, 0.1) is 5.41 Å². The van der Waals surface area contributed by atoms with Crippen molar-refractivity contribution in [3.8, 4) is 0 Å². The number of hydrogen-bond donors (Lipinski definition) is 3. The number of halogens is 3. The van der Waals surface area contributed by atoms with Gasteiger partial charge in [0.25, 0.3) is 5.91 Å². The van der Waals surface area contributed by atoms with Crippen molar-refractivity contribution in [2.24, 2.45) is 5.41 Å². The summed E-state index contributed by atoms with van der Waals surface area (Å²) in [4.78, 5) is 23.3. The Bertz CT molecular complexity index is 533. The third kappa shape index (κ3) is 5.61. The second-order valence-corrected chi connectivity index (χ2v) is 6.60. The summed E-state index contributed by atoms with van der Waals surface area (Å²) in [5, 5.41) is 3.45. The van der Waals surface area contributed by atoms with Crippen LogP contribution in [0.15, 0.2) is 12.1 Å². The van der Waals surface area contributed by atoms with Gasteiger partial charge in [-0.3, -0.25) is 20.4 Å². The molecule has 0 spiro atoms. The molecule has 0 saturated heterocycles. The number of hydrogen-bond acceptors (Lipinski definition) is 3. The highest BCUT2D eigenvalue weighted by atomic mass is 35.5. The molecule has 0 radical (unpaired) electrons. The van der Waals surface area contributed by atoms with Gasteiger partial charge in [-0.25, -0.2) is 0 Å². The number of rotatable bonds is 4. The zero-order valence-corrected chi connectivity index (χ0v) is 14.1. The summed E-state index contributed by atoms with van der Waals surface area (Å²) < 4.78 is 0. The maximum atomic E-state index is 11.6. The number of anilines is 1. The standard InChI is InChI=1S/C13H16Cl3N3O2/c1-13(2,3)12(21)17-6-10(20)18-19-11-8(15)4-7(14)5-9(11)16/h4-5,19H,6H2,1-3H3,(H,17,21)(H,18,20). The monoisotopic (exact) mass is 351 g/mol. The van der Waals surface area contributed by atoms with Crippen molar-refractivity contribution >= 4 is 52.3 Å². The zero-order valence-electron chi connectivity index (χ0n) is 11.8. The van der Waals surface area contributed by atoms with E-state index >= 15 is 0 Å². The van der Waals surface area contributed by atoms with Crippen LogP contribution in [0.25, 0.3) is 0 Å². The van der Waals surface area contributed by atoms with Gasteiger partial charge in [0, 0.05) is 10.4 Å². The molecule has 8 heteroatoms. The number of amides is 2. The van der Waals surface area contributed by atoms with Gasteiger partial charge >= 0.3 is 0 Å². The summed E-state index contributed by atoms with van der Waals surface area (Å²) in [6.07, 6.45) is 0. The van der Waals surface area contributed by atoms with Crippen LogP contribution in [0.2, 0.25) is 15.1 Å². The van der Waals surface area contributed by atoms with Crippen molar-refractivity contribution in [2.75, 3.05) is 12.0 Å². The van der Waals surface area contributed by atoms with Gasteiger partial charge in [0.05, 0.1) is 22.3 Å². The minimum atomic E-state index is -0.559. The summed E-state index contributed by atoms with van der Waals surface area (Å²) in [6.45, 7) is 5.11. The number of nitrogens with one attached hydrogen (secondary N) is 3. The van der Waals surface area contributed by atoms with Crippen LogP contribution in [-0.2, 0) is 9.59 Å². The van der Waals surface area contributed by atoms with Crippen molar-refractivity contribution in [1.82, 2.24) is 10.7 Å². The first kappa shape index (κ1) is 17.9. The largest absolute Gasteiger partial charge is 0.347 e. The molecule has 0 bridgehead atoms. The van der Waals surface area contributed by atoms with Crippen molar-refractivity contribution in [2.45, 2.75) is 20.8 Å². The first-order valence-corrected chi connectivity index (χ1v) is 7.22. The van der Waals surface area contributed by atoms with Crippen molar-refractivity contribution in [1.29, 1.82) is 0 Å². The second kappa shape index (κ2) is 7.20. The van der Waals surface area contributed by atoms with Gasteiger partial charge in [0.15, 0.2) is 0 Å². The Hall–Kier alpha value is -1.17. The topological polar surface area (TPSA) is 70.2 Å². The summed E-state index contributed by atoms with van der Waals surface area (Å²) in [6, 6.07) is 2.98. The Morgan fingerprint density at radius 2 is 1.62 bits per heavy atom. The molecule has 1 aromatic rings. The molecule has 21 heavy (non-hydrogen) atoms. The van der Waals surface area contributed by atoms with Crippen LogP contribution < -0.4 is 16.2 Å². The molecule has 0 aromatic heterocycles. The van der Waals surface area contributed by atoms with E-state index in [4.69, 9.17) is 34.8 Å². The molecule has 1 aromatic carbocycles. The lowest BCUT2D eigenvalue weighted by atomic mass is 9.96. The van der Waals surface area contributed by atoms with Gasteiger partial charge in [0.1, 0.15) is 0 Å². The quantitative estimate of drug-likeness (QED) is 0.729. The lowest BCUT2D eigenvalue weighted by Gasteiger charge is -2.17. The summed E-state index contributed by atoms with van der Waals surface area (Å²) in [5.74, 6) is -0.658. The van der Waals surface area contributed by atoms with Crippen LogP contribution in [0.5, 0.6) is 0 Å². The van der Waals surface area contributed by atoms with Crippen LogP contribution in [0.4, 0.5) is 5.69 Å². The maximum absolute atomic E-state index is 11.6. The SMILES string of the molecule is CC(C)(C)C(=O)NCC(=O)NNc1c(Cl)cc(Cl)cc1Cl. The molecule has 0 aliphatic heterocycles. The number of benzene rings is 1. The molecule has 0 fully saturated rings. The van der Waals surface area contributed by atoms with Crippen molar-refractivity contribution < 1.29 is 9.59 Å². The Balaban J connectivity index is 2.53. The predicted octanol–water partition coefficient (Wildman–Crippen LogP) is 3.25. The average molecular weight is 353 g/mol. The number of carbonyl (C=O) groups is 2. The fraction of sp³-hybridized carbons (Fsp3) is 0.385. The highest BCUT2D eigenvalue weighted by Gasteiger charge is 2.21. The van der Waals surface area contributed by atoms with E-state index in [1.807, 2.05) is 0 Å². The molecule has 0 aliphatic carbocycles. The average Bonchev–Trinajstić information content (AvgIpc) is 2.33. The lowest BCUT2D eigenvalue weighted by molar-refractivity contribution is -0.131. The smallest absolute Gasteiger partial charge is 0.257 e. The van der Waals surface area contributed by atoms with E-state index in [0.29, 0.717) is 10.7 Å². The number of carbonyl (C=O) groups excluding carboxylic acids is 2. The van der Waals surface area contributed by atoms with E-state index in [0.717, 1.165) is 0 Å². The van der Waals surface area contributed by atoms with E-state index in [1.165, 1.54) is 12.1 Å². The van der Waals surface area contributed by atoms with Crippen LogP contribution in [-0.4, -0.2) is 18.4 Å². The van der Waals surface area contributed by atoms with Crippen LogP contribution >= 0.6 is 34.8 Å². The first-order valence-electron chi connectivity index (χ1n) is 6.09. The highest BCUT2D eigenvalue weighted by molar-refractivity contribution is 6.41. The van der Waals surface area contributed by atoms with Crippen LogP contribution in [0.1, 0.15) is 20.8 Å². The minimum Gasteiger partial charge on any atom is -0.347 e. The molecular formula is C13H16Cl3N3O2. The third-order valence-corrected chi connectivity index (χ3v) is 3.24. The summed E-state index contributed by atoms with van der Waals surface area (Å²) in [7, 11) is 0. The fourth-order valence-corrected chi connectivity index (χ4v) is 2.18. The molecule has 5 nitrogen and oxygen atoms in total. The Kier molecular flexibility index (Phi) is 6.13. The third-order valence-electron chi connectivity index (χ3n) is 2.42. The van der Waals surface area contributed by atoms with E-state index in [2.05, 4.69) is 16.2 Å². The number of hydrazine groups is 1. The van der Waals surface area contributed by atoms with E-state index in [9.17, 15) is 9.59 Å². The molecule has 0 aliphatic rings. The predicted molar refractivity (Wildman–Crippen MR) is 85.7 cm³/mol. The maximum Gasteiger partial charge on any atom is 0.257 e. The zero-order chi connectivity index (χ0) is 16.2. The van der Waals surface area contributed by atoms with Crippen LogP contribution in [0.3, 0.4) is 0 Å². The van der Waals surface area contributed by atoms with E-state index in [1.54, 1.807) is 20.8 Å². The van der Waals surface area contributed by atoms with E-state index in [-0.39, 0.29) is 22.5 Å². The van der Waals surface area contributed by atoms with Gasteiger partial charge in [0.2, 0.25) is 5.91 Å². The van der Waals surface area contributed by atoms with Crippen molar-refractivity contribution in [3.05, 3.63) is 27.2 Å². The van der Waals surface area contributed by atoms with Gasteiger partial charge in [-0.05, 0) is 12.1 Å². The molecule has 0 atom stereocenters. The molecule has 0 saturated carbocycles. The Labute approximate surface area is 138 Å². The Morgan fingerprint density at radius 1 is 1.10 bits per heavy atom. The molecular weight excluding hydrogens is 337 g/mol. The fourth-order valence-electron chi connectivity index (χ4n) is 1.26. The molecule has 0 heterocycles. The summed E-state index contributed by atoms with van der Waals surface area (Å²) in [5.41, 5.74) is 4.76. The van der Waals surface area contributed by atoms with Crippen molar-refractivity contribution in [3.63, 3.8) is 0 Å². The first-order chi connectivity index (χ1) is 9.61. The molecule has 3 N–H and O–H groups in total. The molecule has 116 valence electrons. The minimum absolute atomic E-state index is 0.161. The molecule has 1 rings (SSSR count). The van der Waals surface area contributed by atoms with Gasteiger partial charge in [-0.1, -0.05) is 55.6 Å². The highest BCUT2D eigenvalue weighted by Crippen LogP contribution is 2.32. The summed E-state index contributed by atoms with van der Waals surface area (Å²) >= 11 is 17.7.